The Balaban J connectivity index is 2.48. The summed E-state index contributed by atoms with van der Waals surface area (Å²) in [6.45, 7) is 6.33. The number of aryl methyl sites for hydroxylation is 1. The van der Waals surface area contributed by atoms with Gasteiger partial charge < -0.3 is 4.74 Å². The van der Waals surface area contributed by atoms with E-state index < -0.39 is 0 Å². The number of fused-ring (bicyclic) bond motifs is 1. The standard InChI is InChI=1S/C12H12OS/c1-3-7-13-11-6-4-5-10-9(2)8-14-12(10)11/h3-6,8H,1,7H2,2H3. The van der Waals surface area contributed by atoms with Crippen LogP contribution in [0.25, 0.3) is 10.1 Å². The zero-order chi connectivity index (χ0) is 9.97. The molecule has 2 heteroatoms. The maximum absolute atomic E-state index is 5.57. The molecule has 0 amide bonds. The van der Waals surface area contributed by atoms with Gasteiger partial charge in [-0.15, -0.1) is 11.3 Å². The number of hydrogen-bond acceptors (Lipinski definition) is 2. The lowest BCUT2D eigenvalue weighted by Crippen LogP contribution is -1.92. The van der Waals surface area contributed by atoms with Gasteiger partial charge >= 0.3 is 0 Å². The third-order valence-electron chi connectivity index (χ3n) is 2.11. The fourth-order valence-electron chi connectivity index (χ4n) is 1.42. The van der Waals surface area contributed by atoms with Crippen molar-refractivity contribution in [2.24, 2.45) is 0 Å². The van der Waals surface area contributed by atoms with Crippen LogP contribution in [0, 0.1) is 6.92 Å². The summed E-state index contributed by atoms with van der Waals surface area (Å²) in [5.74, 6) is 0.959. The minimum atomic E-state index is 0.566. The minimum Gasteiger partial charge on any atom is -0.488 e. The average molecular weight is 204 g/mol. The Bertz CT molecular complexity index is 456. The molecule has 2 aromatic rings. The molecular weight excluding hydrogens is 192 g/mol. The van der Waals surface area contributed by atoms with Crippen molar-refractivity contribution in [2.75, 3.05) is 6.61 Å². The summed E-state index contributed by atoms with van der Waals surface area (Å²) in [5, 5.41) is 3.45. The molecule has 0 unspecified atom stereocenters. The van der Waals surface area contributed by atoms with Crippen molar-refractivity contribution in [3.63, 3.8) is 0 Å². The van der Waals surface area contributed by atoms with Crippen molar-refractivity contribution >= 4 is 21.4 Å². The molecule has 0 spiro atoms. The second kappa shape index (κ2) is 3.84. The predicted octanol–water partition coefficient (Wildman–Crippen LogP) is 3.77. The normalized spacial score (nSPS) is 10.4. The van der Waals surface area contributed by atoms with Gasteiger partial charge in [-0.3, -0.25) is 0 Å². The predicted molar refractivity (Wildman–Crippen MR) is 62.3 cm³/mol. The van der Waals surface area contributed by atoms with E-state index in [-0.39, 0.29) is 0 Å². The highest BCUT2D eigenvalue weighted by atomic mass is 32.1. The Morgan fingerprint density at radius 3 is 3.14 bits per heavy atom. The van der Waals surface area contributed by atoms with Gasteiger partial charge in [-0.1, -0.05) is 24.8 Å². The van der Waals surface area contributed by atoms with Crippen LogP contribution in [-0.4, -0.2) is 6.61 Å². The van der Waals surface area contributed by atoms with Gasteiger partial charge in [0.15, 0.2) is 0 Å². The number of hydrogen-bond donors (Lipinski definition) is 0. The van der Waals surface area contributed by atoms with Crippen molar-refractivity contribution in [3.8, 4) is 5.75 Å². The van der Waals surface area contributed by atoms with Crippen molar-refractivity contribution in [3.05, 3.63) is 41.8 Å². The zero-order valence-electron chi connectivity index (χ0n) is 8.12. The highest BCUT2D eigenvalue weighted by Gasteiger charge is 2.04. The zero-order valence-corrected chi connectivity index (χ0v) is 8.93. The lowest BCUT2D eigenvalue weighted by Gasteiger charge is -2.03. The van der Waals surface area contributed by atoms with Crippen LogP contribution in [0.2, 0.25) is 0 Å². The molecule has 1 aromatic heterocycles. The summed E-state index contributed by atoms with van der Waals surface area (Å²) in [6.07, 6.45) is 1.76. The molecule has 0 radical (unpaired) electrons. The second-order valence-electron chi connectivity index (χ2n) is 3.15. The Morgan fingerprint density at radius 2 is 2.36 bits per heavy atom. The third-order valence-corrected chi connectivity index (χ3v) is 3.24. The molecule has 0 saturated carbocycles. The summed E-state index contributed by atoms with van der Waals surface area (Å²) < 4.78 is 6.80. The number of benzene rings is 1. The largest absolute Gasteiger partial charge is 0.488 e. The number of thiophene rings is 1. The fourth-order valence-corrected chi connectivity index (χ4v) is 2.44. The maximum Gasteiger partial charge on any atom is 0.137 e. The van der Waals surface area contributed by atoms with Crippen LogP contribution in [0.4, 0.5) is 0 Å². The summed E-state index contributed by atoms with van der Waals surface area (Å²) in [5.41, 5.74) is 1.31. The first-order valence-electron chi connectivity index (χ1n) is 4.53. The Kier molecular flexibility index (Phi) is 2.55. The van der Waals surface area contributed by atoms with Crippen LogP contribution in [-0.2, 0) is 0 Å². The summed E-state index contributed by atoms with van der Waals surface area (Å²) >= 11 is 1.73. The van der Waals surface area contributed by atoms with E-state index in [2.05, 4.69) is 24.9 Å². The molecule has 0 aliphatic carbocycles. The summed E-state index contributed by atoms with van der Waals surface area (Å²) in [4.78, 5) is 0. The summed E-state index contributed by atoms with van der Waals surface area (Å²) in [6, 6.07) is 6.16. The second-order valence-corrected chi connectivity index (χ2v) is 4.03. The maximum atomic E-state index is 5.57. The molecule has 72 valence electrons. The fraction of sp³-hybridized carbons (Fsp3) is 0.167. The SMILES string of the molecule is C=CCOc1cccc2c(C)csc12. The molecule has 1 heterocycles. The van der Waals surface area contributed by atoms with E-state index in [4.69, 9.17) is 4.74 Å². The van der Waals surface area contributed by atoms with Gasteiger partial charge in [0.05, 0.1) is 4.70 Å². The van der Waals surface area contributed by atoms with Crippen LogP contribution in [0.5, 0.6) is 5.75 Å². The quantitative estimate of drug-likeness (QED) is 0.691. The molecule has 1 nitrogen and oxygen atoms in total. The lowest BCUT2D eigenvalue weighted by molar-refractivity contribution is 0.368. The molecule has 0 saturated heterocycles. The lowest BCUT2D eigenvalue weighted by atomic mass is 10.2. The van der Waals surface area contributed by atoms with Gasteiger partial charge in [0.25, 0.3) is 0 Å². The number of rotatable bonds is 3. The van der Waals surface area contributed by atoms with Gasteiger partial charge in [-0.05, 0) is 29.3 Å². The minimum absolute atomic E-state index is 0.566. The van der Waals surface area contributed by atoms with Gasteiger partial charge in [0.2, 0.25) is 0 Å². The molecule has 0 aliphatic rings. The van der Waals surface area contributed by atoms with Crippen LogP contribution >= 0.6 is 11.3 Å². The monoisotopic (exact) mass is 204 g/mol. The first-order valence-corrected chi connectivity index (χ1v) is 5.41. The van der Waals surface area contributed by atoms with Gasteiger partial charge in [-0.25, -0.2) is 0 Å². The summed E-state index contributed by atoms with van der Waals surface area (Å²) in [7, 11) is 0. The molecule has 2 rings (SSSR count). The number of ether oxygens (including phenoxy) is 1. The molecule has 1 aromatic carbocycles. The van der Waals surface area contributed by atoms with E-state index in [0.29, 0.717) is 6.61 Å². The molecular formula is C12H12OS. The van der Waals surface area contributed by atoms with E-state index >= 15 is 0 Å². The molecule has 0 N–H and O–H groups in total. The molecule has 0 aliphatic heterocycles. The van der Waals surface area contributed by atoms with Gasteiger partial charge in [0, 0.05) is 0 Å². The Morgan fingerprint density at radius 1 is 1.50 bits per heavy atom. The van der Waals surface area contributed by atoms with Crippen LogP contribution in [0.3, 0.4) is 0 Å². The van der Waals surface area contributed by atoms with Gasteiger partial charge in [0.1, 0.15) is 12.4 Å². The van der Waals surface area contributed by atoms with Crippen LogP contribution < -0.4 is 4.74 Å². The van der Waals surface area contributed by atoms with E-state index in [1.54, 1.807) is 17.4 Å². The van der Waals surface area contributed by atoms with Crippen molar-refractivity contribution < 1.29 is 4.74 Å². The molecule has 14 heavy (non-hydrogen) atoms. The average Bonchev–Trinajstić information content (AvgIpc) is 2.58. The van der Waals surface area contributed by atoms with E-state index in [9.17, 15) is 0 Å². The molecule has 0 bridgehead atoms. The molecule has 0 fully saturated rings. The first-order chi connectivity index (χ1) is 6.83. The topological polar surface area (TPSA) is 9.23 Å². The Hall–Kier alpha value is -1.28. The van der Waals surface area contributed by atoms with E-state index in [0.717, 1.165) is 5.75 Å². The molecule has 0 atom stereocenters. The first kappa shape index (κ1) is 9.28. The van der Waals surface area contributed by atoms with Gasteiger partial charge in [-0.2, -0.15) is 0 Å². The highest BCUT2D eigenvalue weighted by Crippen LogP contribution is 2.33. The van der Waals surface area contributed by atoms with Crippen molar-refractivity contribution in [1.82, 2.24) is 0 Å². The Labute approximate surface area is 87.6 Å². The third kappa shape index (κ3) is 1.53. The van der Waals surface area contributed by atoms with Crippen LogP contribution in [0.15, 0.2) is 36.2 Å². The van der Waals surface area contributed by atoms with E-state index in [1.807, 2.05) is 12.1 Å². The van der Waals surface area contributed by atoms with E-state index in [1.165, 1.54) is 15.6 Å². The van der Waals surface area contributed by atoms with Crippen LogP contribution in [0.1, 0.15) is 5.56 Å². The van der Waals surface area contributed by atoms with Crippen molar-refractivity contribution in [2.45, 2.75) is 6.92 Å². The highest BCUT2D eigenvalue weighted by molar-refractivity contribution is 7.17. The smallest absolute Gasteiger partial charge is 0.137 e. The van der Waals surface area contributed by atoms with Crippen molar-refractivity contribution in [1.29, 1.82) is 0 Å².